The van der Waals surface area contributed by atoms with Crippen molar-refractivity contribution in [2.24, 2.45) is 11.8 Å². The van der Waals surface area contributed by atoms with E-state index in [0.717, 1.165) is 12.1 Å². The van der Waals surface area contributed by atoms with Crippen LogP contribution in [0.5, 0.6) is 0 Å². The second kappa shape index (κ2) is 5.73. The fourth-order valence-corrected chi connectivity index (χ4v) is 1.90. The minimum atomic E-state index is -4.38. The number of rotatable bonds is 4. The van der Waals surface area contributed by atoms with Crippen molar-refractivity contribution >= 4 is 11.8 Å². The molecule has 1 aliphatic carbocycles. The van der Waals surface area contributed by atoms with Crippen molar-refractivity contribution in [1.29, 1.82) is 0 Å². The predicted molar refractivity (Wildman–Crippen MR) is 68.3 cm³/mol. The fourth-order valence-electron chi connectivity index (χ4n) is 1.90. The first-order valence-corrected chi connectivity index (χ1v) is 6.47. The third kappa shape index (κ3) is 4.15. The minimum absolute atomic E-state index is 0.280. The molecule has 1 fully saturated rings. The zero-order valence-electron chi connectivity index (χ0n) is 11.0. The van der Waals surface area contributed by atoms with Crippen LogP contribution in [0.1, 0.15) is 25.3 Å². The van der Waals surface area contributed by atoms with E-state index in [9.17, 15) is 18.0 Å². The van der Waals surface area contributed by atoms with Crippen molar-refractivity contribution in [2.45, 2.75) is 25.9 Å². The Morgan fingerprint density at radius 3 is 2.45 bits per heavy atom. The summed E-state index contributed by atoms with van der Waals surface area (Å²) in [5.41, 5.74) is -0.471. The molecule has 1 aromatic carbocycles. The molecular formula is C14H16F3NO2. The van der Waals surface area contributed by atoms with Gasteiger partial charge in [-0.3, -0.25) is 5.32 Å². The van der Waals surface area contributed by atoms with Crippen LogP contribution in [0.3, 0.4) is 0 Å². The van der Waals surface area contributed by atoms with Crippen LogP contribution in [0.2, 0.25) is 0 Å². The molecule has 20 heavy (non-hydrogen) atoms. The molecule has 0 radical (unpaired) electrons. The normalized spacial score (nSPS) is 16.6. The van der Waals surface area contributed by atoms with Crippen molar-refractivity contribution < 1.29 is 22.7 Å². The van der Waals surface area contributed by atoms with Gasteiger partial charge in [-0.2, -0.15) is 13.2 Å². The maximum atomic E-state index is 12.4. The number of amides is 1. The molecule has 0 saturated heterocycles. The van der Waals surface area contributed by atoms with Gasteiger partial charge in [0.15, 0.2) is 0 Å². The quantitative estimate of drug-likeness (QED) is 0.896. The summed E-state index contributed by atoms with van der Waals surface area (Å²) in [5, 5.41) is 2.41. The van der Waals surface area contributed by atoms with Gasteiger partial charge in [0.05, 0.1) is 12.2 Å². The highest BCUT2D eigenvalue weighted by atomic mass is 19.4. The van der Waals surface area contributed by atoms with E-state index in [1.54, 1.807) is 0 Å². The van der Waals surface area contributed by atoms with E-state index in [2.05, 4.69) is 5.32 Å². The lowest BCUT2D eigenvalue weighted by Crippen LogP contribution is -2.18. The second-order valence-electron chi connectivity index (χ2n) is 5.11. The third-order valence-electron chi connectivity index (χ3n) is 3.36. The number of hydrogen-bond donors (Lipinski definition) is 1. The van der Waals surface area contributed by atoms with E-state index in [4.69, 9.17) is 4.74 Å². The molecule has 0 bridgehead atoms. The molecule has 1 aromatic rings. The van der Waals surface area contributed by atoms with Gasteiger partial charge in [-0.15, -0.1) is 0 Å². The summed E-state index contributed by atoms with van der Waals surface area (Å²) in [6.07, 6.45) is -2.67. The molecular weight excluding hydrogens is 271 g/mol. The first kappa shape index (κ1) is 14.7. The first-order valence-electron chi connectivity index (χ1n) is 6.47. The summed E-state index contributed by atoms with van der Waals surface area (Å²) in [7, 11) is 0. The van der Waals surface area contributed by atoms with Gasteiger partial charge in [-0.1, -0.05) is 6.92 Å². The Bertz CT molecular complexity index is 466. The number of ether oxygens (including phenoxy) is 1. The maximum Gasteiger partial charge on any atom is 0.416 e. The predicted octanol–water partition coefficient (Wildman–Crippen LogP) is 4.30. The smallest absolute Gasteiger partial charge is 0.416 e. The van der Waals surface area contributed by atoms with Crippen molar-refractivity contribution in [2.75, 3.05) is 11.9 Å². The van der Waals surface area contributed by atoms with Gasteiger partial charge in [0.25, 0.3) is 0 Å². The Hall–Kier alpha value is -1.72. The number of carbonyl (C=O) groups excluding carboxylic acids is 1. The zero-order chi connectivity index (χ0) is 14.8. The highest BCUT2D eigenvalue weighted by Crippen LogP contribution is 2.36. The molecule has 0 spiro atoms. The van der Waals surface area contributed by atoms with Crippen molar-refractivity contribution in [3.05, 3.63) is 29.8 Å². The molecule has 0 aromatic heterocycles. The lowest BCUT2D eigenvalue weighted by molar-refractivity contribution is -0.137. The molecule has 1 unspecified atom stereocenters. The standard InChI is InChI=1S/C14H16F3NO2/c1-9(10-2-3-10)8-20-13(19)18-12-6-4-11(5-7-12)14(15,16)17/h4-7,9-10H,2-3,8H2,1H3,(H,18,19). The van der Waals surface area contributed by atoms with Crippen molar-refractivity contribution in [3.8, 4) is 0 Å². The monoisotopic (exact) mass is 287 g/mol. The summed E-state index contributed by atoms with van der Waals surface area (Å²) < 4.78 is 42.1. The van der Waals surface area contributed by atoms with Crippen LogP contribution < -0.4 is 5.32 Å². The molecule has 2 rings (SSSR count). The molecule has 6 heteroatoms. The molecule has 110 valence electrons. The van der Waals surface area contributed by atoms with Gasteiger partial charge < -0.3 is 4.74 Å². The van der Waals surface area contributed by atoms with Crippen molar-refractivity contribution in [3.63, 3.8) is 0 Å². The van der Waals surface area contributed by atoms with Gasteiger partial charge in [0.1, 0.15) is 0 Å². The number of hydrogen-bond acceptors (Lipinski definition) is 2. The van der Waals surface area contributed by atoms with Gasteiger partial charge >= 0.3 is 12.3 Å². The van der Waals surface area contributed by atoms with E-state index >= 15 is 0 Å². The van der Waals surface area contributed by atoms with E-state index in [1.807, 2.05) is 6.92 Å². The van der Waals surface area contributed by atoms with Crippen LogP contribution in [0, 0.1) is 11.8 Å². The molecule has 1 atom stereocenters. The Labute approximate surface area is 115 Å². The van der Waals surface area contributed by atoms with Gasteiger partial charge in [0, 0.05) is 5.69 Å². The largest absolute Gasteiger partial charge is 0.449 e. The average Bonchev–Trinajstić information content (AvgIpc) is 3.20. The molecule has 0 aliphatic heterocycles. The maximum absolute atomic E-state index is 12.4. The number of benzene rings is 1. The second-order valence-corrected chi connectivity index (χ2v) is 5.11. The Kier molecular flexibility index (Phi) is 4.20. The molecule has 1 N–H and O–H groups in total. The van der Waals surface area contributed by atoms with Crippen LogP contribution in [-0.2, 0) is 10.9 Å². The number of nitrogens with one attached hydrogen (secondary N) is 1. The SMILES string of the molecule is CC(COC(=O)Nc1ccc(C(F)(F)F)cc1)C1CC1. The van der Waals surface area contributed by atoms with E-state index in [-0.39, 0.29) is 5.69 Å². The van der Waals surface area contributed by atoms with E-state index in [0.29, 0.717) is 18.4 Å². The highest BCUT2D eigenvalue weighted by Gasteiger charge is 2.30. The molecule has 1 amide bonds. The summed E-state index contributed by atoms with van der Waals surface area (Å²) in [6, 6.07) is 4.24. The van der Waals surface area contributed by atoms with Crippen LogP contribution in [0.4, 0.5) is 23.7 Å². The number of carbonyl (C=O) groups is 1. The van der Waals surface area contributed by atoms with Gasteiger partial charge in [-0.05, 0) is 48.9 Å². The summed E-state index contributed by atoms with van der Waals surface area (Å²) in [5.74, 6) is 0.960. The van der Waals surface area contributed by atoms with Crippen LogP contribution in [-0.4, -0.2) is 12.7 Å². The Balaban J connectivity index is 1.81. The summed E-state index contributed by atoms with van der Waals surface area (Å²) in [4.78, 5) is 11.5. The lowest BCUT2D eigenvalue weighted by Gasteiger charge is -2.12. The molecule has 1 aliphatic rings. The highest BCUT2D eigenvalue weighted by molar-refractivity contribution is 5.84. The lowest BCUT2D eigenvalue weighted by atomic mass is 10.1. The average molecular weight is 287 g/mol. The van der Waals surface area contributed by atoms with Crippen LogP contribution in [0.25, 0.3) is 0 Å². The van der Waals surface area contributed by atoms with E-state index < -0.39 is 17.8 Å². The fraction of sp³-hybridized carbons (Fsp3) is 0.500. The van der Waals surface area contributed by atoms with Gasteiger partial charge in [-0.25, -0.2) is 4.79 Å². The first-order chi connectivity index (χ1) is 9.36. The third-order valence-corrected chi connectivity index (χ3v) is 3.36. The van der Waals surface area contributed by atoms with Gasteiger partial charge in [0.2, 0.25) is 0 Å². The van der Waals surface area contributed by atoms with Crippen LogP contribution >= 0.6 is 0 Å². The molecule has 1 saturated carbocycles. The zero-order valence-corrected chi connectivity index (χ0v) is 11.0. The number of halogens is 3. The van der Waals surface area contributed by atoms with E-state index in [1.165, 1.54) is 25.0 Å². The number of alkyl halides is 3. The summed E-state index contributed by atoms with van der Waals surface area (Å²) >= 11 is 0. The Morgan fingerprint density at radius 2 is 1.95 bits per heavy atom. The number of anilines is 1. The molecule has 0 heterocycles. The Morgan fingerprint density at radius 1 is 1.35 bits per heavy atom. The summed E-state index contributed by atoms with van der Waals surface area (Å²) in [6.45, 7) is 2.35. The molecule has 3 nitrogen and oxygen atoms in total. The van der Waals surface area contributed by atoms with Crippen LogP contribution in [0.15, 0.2) is 24.3 Å². The van der Waals surface area contributed by atoms with Crippen molar-refractivity contribution in [1.82, 2.24) is 0 Å². The minimum Gasteiger partial charge on any atom is -0.449 e. The topological polar surface area (TPSA) is 38.3 Å².